The second kappa shape index (κ2) is 8.62. The number of alkyl halides is 1. The smallest absolute Gasteiger partial charge is 0.212 e. The molecule has 0 aromatic heterocycles. The molecule has 0 unspecified atom stereocenters. The highest BCUT2D eigenvalue weighted by Crippen LogP contribution is 2.02. The Morgan fingerprint density at radius 2 is 1.64 bits per heavy atom. The van der Waals surface area contributed by atoms with Crippen LogP contribution >= 0.6 is 22.3 Å². The Morgan fingerprint density at radius 1 is 1.18 bits per heavy atom. The van der Waals surface area contributed by atoms with Crippen molar-refractivity contribution in [2.75, 3.05) is 12.1 Å². The van der Waals surface area contributed by atoms with Gasteiger partial charge in [0.25, 0.3) is 0 Å². The zero-order valence-electron chi connectivity index (χ0n) is 6.81. The summed E-state index contributed by atoms with van der Waals surface area (Å²) in [6.45, 7) is 2.01. The fourth-order valence-corrected chi connectivity index (χ4v) is 1.40. The van der Waals surface area contributed by atoms with Crippen LogP contribution in [0.1, 0.15) is 26.2 Å². The van der Waals surface area contributed by atoms with Crippen LogP contribution in [0.2, 0.25) is 0 Å². The predicted octanol–water partition coefficient (Wildman–Crippen LogP) is 2.60. The molecule has 0 amide bonds. The highest BCUT2D eigenvalue weighted by Gasteiger charge is 2.02. The van der Waals surface area contributed by atoms with E-state index >= 15 is 0 Å². The van der Waals surface area contributed by atoms with Gasteiger partial charge in [-0.2, -0.15) is 0 Å². The molecule has 0 aliphatic rings. The standard InChI is InChI=1S/C5H11ClO2S.CH3Cl/c1-2-3-4-5-9(6,7)8;1-2/h2-5H2,1H3;1H3. The lowest BCUT2D eigenvalue weighted by Crippen LogP contribution is -1.95. The van der Waals surface area contributed by atoms with Crippen molar-refractivity contribution >= 4 is 31.3 Å². The van der Waals surface area contributed by atoms with E-state index in [9.17, 15) is 8.42 Å². The molecule has 0 N–H and O–H groups in total. The monoisotopic (exact) mass is 220 g/mol. The van der Waals surface area contributed by atoms with Gasteiger partial charge in [0, 0.05) is 17.1 Å². The summed E-state index contributed by atoms with van der Waals surface area (Å²) >= 11 is 4.64. The molecule has 5 heteroatoms. The number of hydrogen-bond donors (Lipinski definition) is 0. The molecule has 0 spiro atoms. The van der Waals surface area contributed by atoms with E-state index in [-0.39, 0.29) is 5.75 Å². The second-order valence-electron chi connectivity index (χ2n) is 1.95. The quantitative estimate of drug-likeness (QED) is 0.415. The van der Waals surface area contributed by atoms with Crippen molar-refractivity contribution < 1.29 is 8.42 Å². The summed E-state index contributed by atoms with van der Waals surface area (Å²) in [5.74, 6) is 0.113. The summed E-state index contributed by atoms with van der Waals surface area (Å²) < 4.78 is 20.5. The molecule has 0 aromatic rings. The molecule has 2 nitrogen and oxygen atoms in total. The first-order chi connectivity index (χ1) is 5.06. The van der Waals surface area contributed by atoms with Gasteiger partial charge < -0.3 is 0 Å². The Bertz CT molecular complexity index is 154. The Hall–Kier alpha value is 0.530. The molecule has 11 heavy (non-hydrogen) atoms. The normalized spacial score (nSPS) is 10.2. The lowest BCUT2D eigenvalue weighted by Gasteiger charge is -1.92. The molecule has 0 bridgehead atoms. The Labute approximate surface area is 78.3 Å². The fourth-order valence-electron chi connectivity index (χ4n) is 0.524. The molecule has 0 aliphatic heterocycles. The van der Waals surface area contributed by atoms with Crippen molar-refractivity contribution in [3.8, 4) is 0 Å². The maximum atomic E-state index is 10.3. The van der Waals surface area contributed by atoms with Gasteiger partial charge in [-0.1, -0.05) is 19.8 Å². The van der Waals surface area contributed by atoms with Gasteiger partial charge in [0.1, 0.15) is 0 Å². The lowest BCUT2D eigenvalue weighted by molar-refractivity contribution is 0.604. The minimum Gasteiger partial charge on any atom is -0.212 e. The zero-order valence-corrected chi connectivity index (χ0v) is 9.14. The summed E-state index contributed by atoms with van der Waals surface area (Å²) in [6.07, 6.45) is 4.11. The molecule has 0 radical (unpaired) electrons. The van der Waals surface area contributed by atoms with E-state index in [1.807, 2.05) is 6.92 Å². The maximum Gasteiger partial charge on any atom is 0.232 e. The minimum atomic E-state index is -3.22. The van der Waals surface area contributed by atoms with Crippen molar-refractivity contribution in [3.63, 3.8) is 0 Å². The summed E-state index contributed by atoms with van der Waals surface area (Å²) in [5, 5.41) is 0. The lowest BCUT2D eigenvalue weighted by atomic mass is 10.3. The van der Waals surface area contributed by atoms with Gasteiger partial charge >= 0.3 is 0 Å². The van der Waals surface area contributed by atoms with Gasteiger partial charge in [-0.25, -0.2) is 8.42 Å². The van der Waals surface area contributed by atoms with Gasteiger partial charge in [0.05, 0.1) is 5.75 Å². The first-order valence-electron chi connectivity index (χ1n) is 3.36. The highest BCUT2D eigenvalue weighted by molar-refractivity contribution is 8.13. The van der Waals surface area contributed by atoms with Gasteiger partial charge in [0.2, 0.25) is 9.05 Å². The number of halogens is 2. The minimum absolute atomic E-state index is 0.113. The molecular weight excluding hydrogens is 207 g/mol. The van der Waals surface area contributed by atoms with Crippen molar-refractivity contribution in [3.05, 3.63) is 0 Å². The average molecular weight is 221 g/mol. The van der Waals surface area contributed by atoms with Gasteiger partial charge in [-0.3, -0.25) is 0 Å². The first-order valence-corrected chi connectivity index (χ1v) is 6.60. The van der Waals surface area contributed by atoms with Crippen LogP contribution in [0.5, 0.6) is 0 Å². The maximum absolute atomic E-state index is 10.3. The van der Waals surface area contributed by atoms with E-state index in [1.54, 1.807) is 0 Å². The highest BCUT2D eigenvalue weighted by atomic mass is 35.7. The molecule has 0 fully saturated rings. The van der Waals surface area contributed by atoms with Crippen molar-refractivity contribution in [2.24, 2.45) is 0 Å². The summed E-state index contributed by atoms with van der Waals surface area (Å²) in [7, 11) is 1.72. The van der Waals surface area contributed by atoms with Crippen molar-refractivity contribution in [1.82, 2.24) is 0 Å². The first kappa shape index (κ1) is 14.1. The van der Waals surface area contributed by atoms with Crippen LogP contribution in [0, 0.1) is 0 Å². The molecule has 0 aliphatic carbocycles. The summed E-state index contributed by atoms with van der Waals surface area (Å²) in [4.78, 5) is 0. The van der Waals surface area contributed by atoms with E-state index in [1.165, 1.54) is 6.38 Å². The summed E-state index contributed by atoms with van der Waals surface area (Å²) in [6, 6.07) is 0. The molecule has 0 aromatic carbocycles. The summed E-state index contributed by atoms with van der Waals surface area (Å²) in [5.41, 5.74) is 0. The van der Waals surface area contributed by atoms with Gasteiger partial charge in [-0.05, 0) is 6.42 Å². The topological polar surface area (TPSA) is 34.1 Å². The fraction of sp³-hybridized carbons (Fsp3) is 1.00. The van der Waals surface area contributed by atoms with Crippen LogP contribution in [0.4, 0.5) is 0 Å². The predicted molar refractivity (Wildman–Crippen MR) is 50.9 cm³/mol. The number of hydrogen-bond acceptors (Lipinski definition) is 2. The SMILES string of the molecule is CCCCCS(=O)(=O)Cl.CCl. The molecular formula is C6H14Cl2O2S. The third kappa shape index (κ3) is 18.0. The van der Waals surface area contributed by atoms with E-state index in [4.69, 9.17) is 10.7 Å². The van der Waals surface area contributed by atoms with Crippen molar-refractivity contribution in [2.45, 2.75) is 26.2 Å². The van der Waals surface area contributed by atoms with E-state index in [0.29, 0.717) is 6.42 Å². The average Bonchev–Trinajstić information content (AvgIpc) is 1.90. The third-order valence-corrected chi connectivity index (χ3v) is 2.23. The largest absolute Gasteiger partial charge is 0.232 e. The molecule has 0 rings (SSSR count). The van der Waals surface area contributed by atoms with E-state index in [2.05, 4.69) is 11.6 Å². The number of unbranched alkanes of at least 4 members (excludes halogenated alkanes) is 2. The van der Waals surface area contributed by atoms with Crippen LogP contribution in [-0.4, -0.2) is 20.6 Å². The van der Waals surface area contributed by atoms with E-state index in [0.717, 1.165) is 12.8 Å². The number of rotatable bonds is 4. The molecule has 70 valence electrons. The molecule has 0 heterocycles. The molecule has 0 saturated carbocycles. The molecule has 0 atom stereocenters. The van der Waals surface area contributed by atoms with E-state index < -0.39 is 9.05 Å². The van der Waals surface area contributed by atoms with Crippen molar-refractivity contribution in [1.29, 1.82) is 0 Å². The Balaban J connectivity index is 0. The third-order valence-electron chi connectivity index (χ3n) is 0.992. The van der Waals surface area contributed by atoms with Crippen LogP contribution in [-0.2, 0) is 9.05 Å². The van der Waals surface area contributed by atoms with Crippen LogP contribution < -0.4 is 0 Å². The Morgan fingerprint density at radius 3 is 1.91 bits per heavy atom. The van der Waals surface area contributed by atoms with Crippen LogP contribution in [0.25, 0.3) is 0 Å². The Kier molecular flexibility index (Phi) is 11.0. The van der Waals surface area contributed by atoms with Gasteiger partial charge in [0.15, 0.2) is 0 Å². The molecule has 0 saturated heterocycles. The van der Waals surface area contributed by atoms with Crippen LogP contribution in [0.15, 0.2) is 0 Å². The second-order valence-corrected chi connectivity index (χ2v) is 4.85. The zero-order chi connectivity index (χ0) is 9.33. The van der Waals surface area contributed by atoms with Crippen LogP contribution in [0.3, 0.4) is 0 Å². The van der Waals surface area contributed by atoms with Gasteiger partial charge in [-0.15, -0.1) is 11.6 Å².